The summed E-state index contributed by atoms with van der Waals surface area (Å²) in [5, 5.41) is 3.51. The van der Waals surface area contributed by atoms with Crippen LogP contribution < -0.4 is 5.32 Å². The lowest BCUT2D eigenvalue weighted by molar-refractivity contribution is 0.328. The SMILES string of the molecule is CNC(CC1CC1)C(C)(C)c1ccccc1. The van der Waals surface area contributed by atoms with Gasteiger partial charge in [0.2, 0.25) is 0 Å². The Morgan fingerprint density at radius 2 is 1.88 bits per heavy atom. The van der Waals surface area contributed by atoms with Crippen LogP contribution in [0.1, 0.15) is 38.7 Å². The Hall–Kier alpha value is -0.820. The zero-order valence-electron chi connectivity index (χ0n) is 10.7. The second-order valence-corrected chi connectivity index (χ2v) is 5.61. The lowest BCUT2D eigenvalue weighted by Gasteiger charge is -2.35. The Balaban J connectivity index is 2.14. The van der Waals surface area contributed by atoms with Crippen LogP contribution >= 0.6 is 0 Å². The number of hydrogen-bond acceptors (Lipinski definition) is 1. The van der Waals surface area contributed by atoms with Gasteiger partial charge in [-0.05, 0) is 24.9 Å². The van der Waals surface area contributed by atoms with Gasteiger partial charge in [-0.25, -0.2) is 0 Å². The van der Waals surface area contributed by atoms with Gasteiger partial charge >= 0.3 is 0 Å². The fourth-order valence-electron chi connectivity index (χ4n) is 2.53. The molecule has 1 aliphatic carbocycles. The summed E-state index contributed by atoms with van der Waals surface area (Å²) in [7, 11) is 2.09. The first-order valence-electron chi connectivity index (χ1n) is 6.37. The number of rotatable bonds is 5. The predicted molar refractivity (Wildman–Crippen MR) is 69.7 cm³/mol. The summed E-state index contributed by atoms with van der Waals surface area (Å²) in [4.78, 5) is 0. The summed E-state index contributed by atoms with van der Waals surface area (Å²) < 4.78 is 0. The van der Waals surface area contributed by atoms with Crippen molar-refractivity contribution >= 4 is 0 Å². The Kier molecular flexibility index (Phi) is 3.34. The summed E-state index contributed by atoms with van der Waals surface area (Å²) in [6, 6.07) is 11.5. The molecule has 0 amide bonds. The molecule has 0 spiro atoms. The lowest BCUT2D eigenvalue weighted by Crippen LogP contribution is -2.43. The number of nitrogens with one attached hydrogen (secondary N) is 1. The third kappa shape index (κ3) is 2.46. The molecule has 1 atom stereocenters. The van der Waals surface area contributed by atoms with Gasteiger partial charge in [0.05, 0.1) is 0 Å². The highest BCUT2D eigenvalue weighted by molar-refractivity contribution is 5.25. The van der Waals surface area contributed by atoms with Crippen molar-refractivity contribution in [1.29, 1.82) is 0 Å². The normalized spacial score (nSPS) is 18.4. The minimum absolute atomic E-state index is 0.221. The molecule has 1 nitrogen and oxygen atoms in total. The van der Waals surface area contributed by atoms with Crippen molar-refractivity contribution in [3.8, 4) is 0 Å². The topological polar surface area (TPSA) is 12.0 Å². The average Bonchev–Trinajstić information content (AvgIpc) is 3.10. The second kappa shape index (κ2) is 4.58. The lowest BCUT2D eigenvalue weighted by atomic mass is 9.76. The van der Waals surface area contributed by atoms with Crippen LogP contribution in [0.4, 0.5) is 0 Å². The highest BCUT2D eigenvalue weighted by Gasteiger charge is 2.34. The van der Waals surface area contributed by atoms with Crippen LogP contribution in [-0.4, -0.2) is 13.1 Å². The molecule has 1 aromatic rings. The van der Waals surface area contributed by atoms with E-state index in [0.29, 0.717) is 6.04 Å². The van der Waals surface area contributed by atoms with E-state index in [4.69, 9.17) is 0 Å². The van der Waals surface area contributed by atoms with Gasteiger partial charge in [0.15, 0.2) is 0 Å². The van der Waals surface area contributed by atoms with Gasteiger partial charge < -0.3 is 5.32 Å². The molecule has 0 bridgehead atoms. The summed E-state index contributed by atoms with van der Waals surface area (Å²) in [5.41, 5.74) is 1.66. The summed E-state index contributed by atoms with van der Waals surface area (Å²) in [6.07, 6.45) is 4.19. The Bertz CT molecular complexity index is 325. The average molecular weight is 217 g/mol. The minimum Gasteiger partial charge on any atom is -0.316 e. The third-order valence-electron chi connectivity index (χ3n) is 4.00. The van der Waals surface area contributed by atoms with E-state index in [-0.39, 0.29) is 5.41 Å². The van der Waals surface area contributed by atoms with E-state index >= 15 is 0 Å². The Morgan fingerprint density at radius 3 is 2.38 bits per heavy atom. The van der Waals surface area contributed by atoms with Crippen molar-refractivity contribution in [1.82, 2.24) is 5.32 Å². The molecule has 1 unspecified atom stereocenters. The molecule has 0 heterocycles. The zero-order chi connectivity index (χ0) is 11.6. The zero-order valence-corrected chi connectivity index (χ0v) is 10.7. The molecule has 0 aliphatic heterocycles. The van der Waals surface area contributed by atoms with E-state index in [1.165, 1.54) is 24.8 Å². The molecule has 16 heavy (non-hydrogen) atoms. The standard InChI is InChI=1S/C15H23N/c1-15(2,13-7-5-4-6-8-13)14(16-3)11-12-9-10-12/h4-8,12,14,16H,9-11H2,1-3H3. The van der Waals surface area contributed by atoms with Crippen molar-refractivity contribution < 1.29 is 0 Å². The molecule has 1 saturated carbocycles. The van der Waals surface area contributed by atoms with E-state index < -0.39 is 0 Å². The van der Waals surface area contributed by atoms with Crippen LogP contribution in [0.25, 0.3) is 0 Å². The molecule has 0 radical (unpaired) electrons. The fraction of sp³-hybridized carbons (Fsp3) is 0.600. The second-order valence-electron chi connectivity index (χ2n) is 5.61. The van der Waals surface area contributed by atoms with Crippen molar-refractivity contribution in [3.63, 3.8) is 0 Å². The van der Waals surface area contributed by atoms with Gasteiger partial charge in [-0.2, -0.15) is 0 Å². The molecule has 0 aromatic heterocycles. The van der Waals surface area contributed by atoms with Crippen molar-refractivity contribution in [3.05, 3.63) is 35.9 Å². The molecule has 1 N–H and O–H groups in total. The summed E-state index contributed by atoms with van der Waals surface area (Å²) >= 11 is 0. The molecule has 2 rings (SSSR count). The number of hydrogen-bond donors (Lipinski definition) is 1. The Morgan fingerprint density at radius 1 is 1.25 bits per heavy atom. The number of benzene rings is 1. The first-order chi connectivity index (χ1) is 7.64. The van der Waals surface area contributed by atoms with Crippen LogP contribution in [-0.2, 0) is 5.41 Å². The maximum atomic E-state index is 3.51. The van der Waals surface area contributed by atoms with E-state index in [9.17, 15) is 0 Å². The number of likely N-dealkylation sites (N-methyl/N-ethyl adjacent to an activating group) is 1. The van der Waals surface area contributed by atoms with Crippen LogP contribution in [0, 0.1) is 5.92 Å². The van der Waals surface area contributed by atoms with Crippen molar-refractivity contribution in [2.75, 3.05) is 7.05 Å². The van der Waals surface area contributed by atoms with Crippen LogP contribution in [0.2, 0.25) is 0 Å². The van der Waals surface area contributed by atoms with E-state index in [2.05, 4.69) is 56.5 Å². The third-order valence-corrected chi connectivity index (χ3v) is 4.00. The molecule has 0 saturated heterocycles. The van der Waals surface area contributed by atoms with Crippen LogP contribution in [0.5, 0.6) is 0 Å². The summed E-state index contributed by atoms with van der Waals surface area (Å²) in [6.45, 7) is 4.71. The van der Waals surface area contributed by atoms with Crippen LogP contribution in [0.15, 0.2) is 30.3 Å². The molecular formula is C15H23N. The molecule has 1 fully saturated rings. The largest absolute Gasteiger partial charge is 0.316 e. The van der Waals surface area contributed by atoms with Gasteiger partial charge in [-0.1, -0.05) is 57.0 Å². The van der Waals surface area contributed by atoms with Gasteiger partial charge in [0.25, 0.3) is 0 Å². The molecule has 88 valence electrons. The Labute approximate surface area is 99.3 Å². The maximum absolute atomic E-state index is 3.51. The predicted octanol–water partition coefficient (Wildman–Crippen LogP) is 3.35. The summed E-state index contributed by atoms with van der Waals surface area (Å²) in [5.74, 6) is 0.973. The van der Waals surface area contributed by atoms with Crippen molar-refractivity contribution in [2.45, 2.75) is 44.6 Å². The molecule has 1 aliphatic rings. The highest BCUT2D eigenvalue weighted by Crippen LogP contribution is 2.38. The van der Waals surface area contributed by atoms with Crippen molar-refractivity contribution in [2.24, 2.45) is 5.92 Å². The smallest absolute Gasteiger partial charge is 0.0158 e. The highest BCUT2D eigenvalue weighted by atomic mass is 14.9. The minimum atomic E-state index is 0.221. The monoisotopic (exact) mass is 217 g/mol. The quantitative estimate of drug-likeness (QED) is 0.797. The first kappa shape index (κ1) is 11.7. The van der Waals surface area contributed by atoms with Crippen LogP contribution in [0.3, 0.4) is 0 Å². The van der Waals surface area contributed by atoms with Gasteiger partial charge in [-0.15, -0.1) is 0 Å². The van der Waals surface area contributed by atoms with E-state index in [1.807, 2.05) is 0 Å². The van der Waals surface area contributed by atoms with Gasteiger partial charge in [0.1, 0.15) is 0 Å². The fourth-order valence-corrected chi connectivity index (χ4v) is 2.53. The molecule has 1 heteroatoms. The molecular weight excluding hydrogens is 194 g/mol. The maximum Gasteiger partial charge on any atom is 0.0158 e. The van der Waals surface area contributed by atoms with Gasteiger partial charge in [-0.3, -0.25) is 0 Å². The van der Waals surface area contributed by atoms with Gasteiger partial charge in [0, 0.05) is 11.5 Å². The van der Waals surface area contributed by atoms with E-state index in [0.717, 1.165) is 5.92 Å². The van der Waals surface area contributed by atoms with E-state index in [1.54, 1.807) is 0 Å². The molecule has 1 aromatic carbocycles. The first-order valence-corrected chi connectivity index (χ1v) is 6.37.